The lowest BCUT2D eigenvalue weighted by atomic mass is 9.71. The Balaban J connectivity index is 2.28. The molecule has 1 spiro atoms. The number of carbonyl (C=O) groups is 1. The molecule has 1 aromatic rings. The van der Waals surface area contributed by atoms with Crippen molar-refractivity contribution in [2.24, 2.45) is 4.99 Å². The van der Waals surface area contributed by atoms with Gasteiger partial charge in [-0.1, -0.05) is 47.1 Å². The van der Waals surface area contributed by atoms with E-state index < -0.39 is 11.1 Å². The summed E-state index contributed by atoms with van der Waals surface area (Å²) in [6, 6.07) is 5.87. The zero-order valence-electron chi connectivity index (χ0n) is 14.8. The minimum absolute atomic E-state index is 0.00814. The van der Waals surface area contributed by atoms with Gasteiger partial charge in [0.1, 0.15) is 11.4 Å². The van der Waals surface area contributed by atoms with Gasteiger partial charge in [-0.2, -0.15) is 0 Å². The third kappa shape index (κ3) is 2.56. The van der Waals surface area contributed by atoms with Crippen LogP contribution in [0.25, 0.3) is 0 Å². The van der Waals surface area contributed by atoms with Gasteiger partial charge in [-0.05, 0) is 43.7 Å². The van der Waals surface area contributed by atoms with E-state index in [1.54, 1.807) is 11.9 Å². The molecule has 2 unspecified atom stereocenters. The SMILES string of the molecule is C=CCCC1(CCC)Oc2ccc(Br)cc2C12N=C(SC)N(C)C2=O. The summed E-state index contributed by atoms with van der Waals surface area (Å²) in [5, 5.41) is 0.737. The van der Waals surface area contributed by atoms with Crippen molar-refractivity contribution in [2.45, 2.75) is 43.7 Å². The van der Waals surface area contributed by atoms with Crippen molar-refractivity contribution in [3.8, 4) is 5.75 Å². The summed E-state index contributed by atoms with van der Waals surface area (Å²) in [5.74, 6) is 0.750. The normalized spacial score (nSPS) is 27.4. The standard InChI is InChI=1S/C19H23BrN2O2S/c1-5-7-11-18(10-6-2)19(16(23)22(3)17(21-19)25-4)14-12-13(20)8-9-15(14)24-18/h5,8-9,12H,1,6-7,10-11H2,2-4H3. The molecule has 2 aliphatic rings. The van der Waals surface area contributed by atoms with Gasteiger partial charge in [-0.25, -0.2) is 4.99 Å². The second-order valence-corrected chi connectivity index (χ2v) is 8.18. The molecule has 0 radical (unpaired) electrons. The highest BCUT2D eigenvalue weighted by Crippen LogP contribution is 2.57. The molecule has 25 heavy (non-hydrogen) atoms. The number of amides is 1. The Morgan fingerprint density at radius 3 is 2.80 bits per heavy atom. The fraction of sp³-hybridized carbons (Fsp3) is 0.474. The second kappa shape index (κ2) is 6.80. The molecular formula is C19H23BrN2O2S. The fourth-order valence-corrected chi connectivity index (χ4v) is 4.93. The monoisotopic (exact) mass is 422 g/mol. The van der Waals surface area contributed by atoms with Gasteiger partial charge in [0.05, 0.1) is 0 Å². The first-order valence-electron chi connectivity index (χ1n) is 8.47. The minimum atomic E-state index is -1.02. The first-order chi connectivity index (χ1) is 12.0. The van der Waals surface area contributed by atoms with Gasteiger partial charge in [-0.3, -0.25) is 9.69 Å². The number of hydrogen-bond donors (Lipinski definition) is 0. The Kier molecular flexibility index (Phi) is 5.04. The van der Waals surface area contributed by atoms with Gasteiger partial charge in [0.2, 0.25) is 5.54 Å². The lowest BCUT2D eigenvalue weighted by Crippen LogP contribution is -2.55. The van der Waals surface area contributed by atoms with Crippen molar-refractivity contribution in [1.29, 1.82) is 0 Å². The van der Waals surface area contributed by atoms with Gasteiger partial charge in [0.25, 0.3) is 5.91 Å². The maximum absolute atomic E-state index is 13.5. The molecule has 2 atom stereocenters. The van der Waals surface area contributed by atoms with Crippen LogP contribution in [0.5, 0.6) is 5.75 Å². The van der Waals surface area contributed by atoms with E-state index in [1.807, 2.05) is 30.5 Å². The Morgan fingerprint density at radius 1 is 1.44 bits per heavy atom. The van der Waals surface area contributed by atoms with Gasteiger partial charge >= 0.3 is 0 Å². The molecule has 0 fully saturated rings. The number of amidine groups is 1. The molecule has 2 aliphatic heterocycles. The van der Waals surface area contributed by atoms with E-state index in [0.717, 1.165) is 40.2 Å². The summed E-state index contributed by atoms with van der Waals surface area (Å²) in [5.41, 5.74) is -0.833. The Labute approximate surface area is 161 Å². The van der Waals surface area contributed by atoms with E-state index in [9.17, 15) is 4.79 Å². The van der Waals surface area contributed by atoms with E-state index in [2.05, 4.69) is 29.4 Å². The maximum Gasteiger partial charge on any atom is 0.265 e. The van der Waals surface area contributed by atoms with E-state index in [-0.39, 0.29) is 5.91 Å². The van der Waals surface area contributed by atoms with Crippen molar-refractivity contribution < 1.29 is 9.53 Å². The van der Waals surface area contributed by atoms with Crippen LogP contribution in [0.2, 0.25) is 0 Å². The first-order valence-corrected chi connectivity index (χ1v) is 10.5. The molecule has 1 amide bonds. The molecule has 0 N–H and O–H groups in total. The lowest BCUT2D eigenvalue weighted by Gasteiger charge is -2.39. The molecule has 0 saturated carbocycles. The van der Waals surface area contributed by atoms with Crippen molar-refractivity contribution in [3.63, 3.8) is 0 Å². The molecule has 3 rings (SSSR count). The summed E-state index contributed by atoms with van der Waals surface area (Å²) in [6.45, 7) is 5.98. The molecule has 2 heterocycles. The highest BCUT2D eigenvalue weighted by molar-refractivity contribution is 9.10. The lowest BCUT2D eigenvalue weighted by molar-refractivity contribution is -0.138. The largest absolute Gasteiger partial charge is 0.483 e. The molecule has 4 nitrogen and oxygen atoms in total. The number of fused-ring (bicyclic) bond motifs is 2. The number of allylic oxidation sites excluding steroid dienone is 1. The van der Waals surface area contributed by atoms with Gasteiger partial charge in [0.15, 0.2) is 5.17 Å². The van der Waals surface area contributed by atoms with Crippen LogP contribution >= 0.6 is 27.7 Å². The van der Waals surface area contributed by atoms with Crippen molar-refractivity contribution in [2.75, 3.05) is 13.3 Å². The summed E-state index contributed by atoms with van der Waals surface area (Å²) in [4.78, 5) is 20.2. The molecule has 0 aromatic heterocycles. The zero-order valence-corrected chi connectivity index (χ0v) is 17.2. The van der Waals surface area contributed by atoms with Gasteiger partial charge < -0.3 is 4.74 Å². The average Bonchev–Trinajstić information content (AvgIpc) is 3.02. The number of ether oxygens (including phenoxy) is 1. The van der Waals surface area contributed by atoms with Crippen molar-refractivity contribution in [3.05, 3.63) is 40.9 Å². The average molecular weight is 423 g/mol. The smallest absolute Gasteiger partial charge is 0.265 e. The van der Waals surface area contributed by atoms with Crippen molar-refractivity contribution >= 4 is 38.8 Å². The van der Waals surface area contributed by atoms with Crippen LogP contribution in [0.1, 0.15) is 38.2 Å². The molecule has 6 heteroatoms. The minimum Gasteiger partial charge on any atom is -0.483 e. The maximum atomic E-state index is 13.5. The van der Waals surface area contributed by atoms with Crippen LogP contribution in [0.3, 0.4) is 0 Å². The van der Waals surface area contributed by atoms with E-state index in [1.165, 1.54) is 11.8 Å². The van der Waals surface area contributed by atoms with Crippen LogP contribution in [0, 0.1) is 0 Å². The summed E-state index contributed by atoms with van der Waals surface area (Å²) in [6.07, 6.45) is 6.99. The number of carbonyl (C=O) groups excluding carboxylic acids is 1. The third-order valence-electron chi connectivity index (χ3n) is 5.05. The first kappa shape index (κ1) is 18.5. The number of rotatable bonds is 5. The van der Waals surface area contributed by atoms with E-state index in [0.29, 0.717) is 6.42 Å². The van der Waals surface area contributed by atoms with Crippen LogP contribution < -0.4 is 4.74 Å². The quantitative estimate of drug-likeness (QED) is 0.643. The predicted octanol–water partition coefficient (Wildman–Crippen LogP) is 4.73. The molecule has 1 aromatic carbocycles. The molecule has 0 bridgehead atoms. The summed E-state index contributed by atoms with van der Waals surface area (Å²) >= 11 is 5.04. The van der Waals surface area contributed by atoms with Crippen LogP contribution in [0.15, 0.2) is 40.3 Å². The van der Waals surface area contributed by atoms with Crippen LogP contribution in [0.4, 0.5) is 0 Å². The third-order valence-corrected chi connectivity index (χ3v) is 6.27. The topological polar surface area (TPSA) is 41.9 Å². The summed E-state index contributed by atoms with van der Waals surface area (Å²) < 4.78 is 7.43. The number of likely N-dealkylation sites (N-methyl/N-ethyl adjacent to an activating group) is 1. The predicted molar refractivity (Wildman–Crippen MR) is 107 cm³/mol. The molecular weight excluding hydrogens is 400 g/mol. The Bertz CT molecular complexity index is 751. The number of halogens is 1. The Hall–Kier alpha value is -1.27. The highest BCUT2D eigenvalue weighted by Gasteiger charge is 2.67. The number of thioether (sulfide) groups is 1. The van der Waals surface area contributed by atoms with Crippen molar-refractivity contribution in [1.82, 2.24) is 4.90 Å². The number of nitrogens with zero attached hydrogens (tertiary/aromatic N) is 2. The highest BCUT2D eigenvalue weighted by atomic mass is 79.9. The molecule has 0 aliphatic carbocycles. The van der Waals surface area contributed by atoms with Crippen LogP contribution in [-0.4, -0.2) is 34.9 Å². The van der Waals surface area contributed by atoms with Gasteiger partial charge in [0, 0.05) is 17.1 Å². The molecule has 134 valence electrons. The second-order valence-electron chi connectivity index (χ2n) is 6.49. The zero-order chi connectivity index (χ0) is 18.2. The number of aliphatic imine (C=N–C) groups is 1. The summed E-state index contributed by atoms with van der Waals surface area (Å²) in [7, 11) is 1.80. The van der Waals surface area contributed by atoms with Gasteiger partial charge in [-0.15, -0.1) is 6.58 Å². The van der Waals surface area contributed by atoms with Crippen LogP contribution in [-0.2, 0) is 10.3 Å². The Morgan fingerprint density at radius 2 is 2.20 bits per heavy atom. The van der Waals surface area contributed by atoms with E-state index >= 15 is 0 Å². The number of benzene rings is 1. The van der Waals surface area contributed by atoms with E-state index in [4.69, 9.17) is 9.73 Å². The fourth-order valence-electron chi connectivity index (χ4n) is 3.98. The molecule has 0 saturated heterocycles. The number of hydrogen-bond acceptors (Lipinski definition) is 4.